The molecule has 2 aromatic carbocycles. The van der Waals surface area contributed by atoms with E-state index in [2.05, 4.69) is 68.9 Å². The van der Waals surface area contributed by atoms with E-state index in [1.54, 1.807) is 12.1 Å². The van der Waals surface area contributed by atoms with Crippen molar-refractivity contribution in [2.75, 3.05) is 11.9 Å². The molecule has 0 bridgehead atoms. The van der Waals surface area contributed by atoms with Crippen molar-refractivity contribution in [3.8, 4) is 0 Å². The normalized spacial score (nSPS) is 11.8. The van der Waals surface area contributed by atoms with Crippen LogP contribution in [-0.4, -0.2) is 18.5 Å². The first kappa shape index (κ1) is 22.2. The fourth-order valence-electron chi connectivity index (χ4n) is 2.59. The van der Waals surface area contributed by atoms with E-state index >= 15 is 0 Å². The highest BCUT2D eigenvalue weighted by Crippen LogP contribution is 2.30. The number of benzene rings is 2. The van der Waals surface area contributed by atoms with E-state index in [4.69, 9.17) is 4.74 Å². The standard InChI is InChI=1S/C23H28BrNO3/c1-22(2,3)16-10-15(11-17(12-16)23(4,5)6)21(27)28-14-20(26)25-19-9-7-8-18(24)13-19/h7-13H,14H2,1-6H3,(H,25,26). The predicted octanol–water partition coefficient (Wildman–Crippen LogP) is 5.84. The van der Waals surface area contributed by atoms with Crippen LogP contribution < -0.4 is 5.32 Å². The molecule has 0 aliphatic carbocycles. The maximum absolute atomic E-state index is 12.6. The number of esters is 1. The third kappa shape index (κ3) is 6.20. The maximum Gasteiger partial charge on any atom is 0.338 e. The third-order valence-corrected chi connectivity index (χ3v) is 4.84. The average molecular weight is 446 g/mol. The lowest BCUT2D eigenvalue weighted by Gasteiger charge is -2.25. The van der Waals surface area contributed by atoms with E-state index in [0.29, 0.717) is 11.3 Å². The number of nitrogens with one attached hydrogen (secondary N) is 1. The summed E-state index contributed by atoms with van der Waals surface area (Å²) in [5.74, 6) is -0.879. The molecular weight excluding hydrogens is 418 g/mol. The fraction of sp³-hybridized carbons (Fsp3) is 0.391. The first-order chi connectivity index (χ1) is 12.9. The Labute approximate surface area is 175 Å². The Morgan fingerprint density at radius 1 is 0.929 bits per heavy atom. The minimum atomic E-state index is -0.499. The molecule has 2 aromatic rings. The molecule has 150 valence electrons. The van der Waals surface area contributed by atoms with E-state index in [-0.39, 0.29) is 23.3 Å². The number of carbonyl (C=O) groups excluding carboxylic acids is 2. The molecule has 0 saturated heterocycles. The van der Waals surface area contributed by atoms with Crippen molar-refractivity contribution in [3.63, 3.8) is 0 Å². The summed E-state index contributed by atoms with van der Waals surface area (Å²) in [6.07, 6.45) is 0. The van der Waals surface area contributed by atoms with Crippen molar-refractivity contribution in [3.05, 3.63) is 63.6 Å². The number of anilines is 1. The van der Waals surface area contributed by atoms with Crippen LogP contribution in [0.15, 0.2) is 46.9 Å². The van der Waals surface area contributed by atoms with Crippen LogP contribution in [0.5, 0.6) is 0 Å². The lowest BCUT2D eigenvalue weighted by Crippen LogP contribution is -2.22. The highest BCUT2D eigenvalue weighted by molar-refractivity contribution is 9.10. The van der Waals surface area contributed by atoms with Crippen molar-refractivity contribution in [2.24, 2.45) is 0 Å². The van der Waals surface area contributed by atoms with E-state index in [1.807, 2.05) is 24.3 Å². The van der Waals surface area contributed by atoms with Gasteiger partial charge in [0.1, 0.15) is 0 Å². The minimum Gasteiger partial charge on any atom is -0.452 e. The van der Waals surface area contributed by atoms with Crippen LogP contribution in [-0.2, 0) is 20.4 Å². The van der Waals surface area contributed by atoms with Gasteiger partial charge in [-0.3, -0.25) is 4.79 Å². The van der Waals surface area contributed by atoms with E-state index < -0.39 is 5.97 Å². The van der Waals surface area contributed by atoms with Gasteiger partial charge in [-0.2, -0.15) is 0 Å². The van der Waals surface area contributed by atoms with Gasteiger partial charge in [-0.05, 0) is 52.3 Å². The van der Waals surface area contributed by atoms with Crippen LogP contribution >= 0.6 is 15.9 Å². The molecule has 0 saturated carbocycles. The molecule has 4 nitrogen and oxygen atoms in total. The summed E-state index contributed by atoms with van der Waals surface area (Å²) in [7, 11) is 0. The van der Waals surface area contributed by atoms with Gasteiger partial charge in [0.15, 0.2) is 6.61 Å². The fourth-order valence-corrected chi connectivity index (χ4v) is 2.99. The van der Waals surface area contributed by atoms with E-state index in [1.165, 1.54) is 0 Å². The van der Waals surface area contributed by atoms with Crippen molar-refractivity contribution in [2.45, 2.75) is 52.4 Å². The van der Waals surface area contributed by atoms with Gasteiger partial charge in [0.2, 0.25) is 0 Å². The number of hydrogen-bond donors (Lipinski definition) is 1. The SMILES string of the molecule is CC(C)(C)c1cc(C(=O)OCC(=O)Nc2cccc(Br)c2)cc(C(C)(C)C)c1. The van der Waals surface area contributed by atoms with Crippen LogP contribution in [0.3, 0.4) is 0 Å². The van der Waals surface area contributed by atoms with Gasteiger partial charge in [-0.15, -0.1) is 0 Å². The molecule has 1 N–H and O–H groups in total. The molecule has 5 heteroatoms. The molecule has 0 spiro atoms. The first-order valence-corrected chi connectivity index (χ1v) is 10.0. The first-order valence-electron chi connectivity index (χ1n) is 9.25. The number of halogens is 1. The number of amides is 1. The second kappa shape index (κ2) is 8.48. The summed E-state index contributed by atoms with van der Waals surface area (Å²) in [6, 6.07) is 13.1. The molecule has 2 rings (SSSR count). The van der Waals surface area contributed by atoms with Crippen molar-refractivity contribution in [1.29, 1.82) is 0 Å². The average Bonchev–Trinajstić information content (AvgIpc) is 2.57. The predicted molar refractivity (Wildman–Crippen MR) is 117 cm³/mol. The van der Waals surface area contributed by atoms with Crippen molar-refractivity contribution in [1.82, 2.24) is 0 Å². The Bertz CT molecular complexity index is 844. The Hall–Kier alpha value is -2.14. The Balaban J connectivity index is 2.13. The highest BCUT2D eigenvalue weighted by atomic mass is 79.9. The van der Waals surface area contributed by atoms with Gasteiger partial charge in [-0.1, -0.05) is 69.6 Å². The van der Waals surface area contributed by atoms with Crippen LogP contribution in [0.4, 0.5) is 5.69 Å². The van der Waals surface area contributed by atoms with Crippen LogP contribution in [0.1, 0.15) is 63.0 Å². The third-order valence-electron chi connectivity index (χ3n) is 4.34. The van der Waals surface area contributed by atoms with Gasteiger partial charge < -0.3 is 10.1 Å². The van der Waals surface area contributed by atoms with Crippen molar-refractivity contribution < 1.29 is 14.3 Å². The number of hydrogen-bond acceptors (Lipinski definition) is 3. The Morgan fingerprint density at radius 2 is 1.50 bits per heavy atom. The van der Waals surface area contributed by atoms with E-state index in [9.17, 15) is 9.59 Å². The second-order valence-electron chi connectivity index (χ2n) is 8.93. The summed E-state index contributed by atoms with van der Waals surface area (Å²) in [5, 5.41) is 2.71. The maximum atomic E-state index is 12.6. The molecule has 1 amide bonds. The Morgan fingerprint density at radius 3 is 2.00 bits per heavy atom. The quantitative estimate of drug-likeness (QED) is 0.601. The lowest BCUT2D eigenvalue weighted by atomic mass is 9.79. The Kier molecular flexibility index (Phi) is 6.71. The molecule has 0 heterocycles. The molecule has 0 unspecified atom stereocenters. The van der Waals surface area contributed by atoms with Gasteiger partial charge in [0.25, 0.3) is 5.91 Å². The van der Waals surface area contributed by atoms with Gasteiger partial charge in [-0.25, -0.2) is 4.79 Å². The largest absolute Gasteiger partial charge is 0.452 e. The van der Waals surface area contributed by atoms with Crippen LogP contribution in [0.25, 0.3) is 0 Å². The number of rotatable bonds is 4. The summed E-state index contributed by atoms with van der Waals surface area (Å²) in [6.45, 7) is 12.3. The van der Waals surface area contributed by atoms with Gasteiger partial charge in [0, 0.05) is 10.2 Å². The van der Waals surface area contributed by atoms with Gasteiger partial charge >= 0.3 is 5.97 Å². The number of carbonyl (C=O) groups is 2. The van der Waals surface area contributed by atoms with Crippen molar-refractivity contribution >= 4 is 33.5 Å². The zero-order valence-electron chi connectivity index (χ0n) is 17.4. The second-order valence-corrected chi connectivity index (χ2v) is 9.85. The molecule has 28 heavy (non-hydrogen) atoms. The summed E-state index contributed by atoms with van der Waals surface area (Å²) < 4.78 is 6.12. The monoisotopic (exact) mass is 445 g/mol. The molecule has 0 aliphatic rings. The topological polar surface area (TPSA) is 55.4 Å². The summed E-state index contributed by atoms with van der Waals surface area (Å²) >= 11 is 3.35. The minimum absolute atomic E-state index is 0.103. The molecule has 0 aromatic heterocycles. The molecule has 0 fully saturated rings. The zero-order chi connectivity index (χ0) is 21.1. The molecule has 0 atom stereocenters. The van der Waals surface area contributed by atoms with E-state index in [0.717, 1.165) is 15.6 Å². The molecular formula is C23H28BrNO3. The molecule has 0 aliphatic heterocycles. The molecule has 0 radical (unpaired) electrons. The highest BCUT2D eigenvalue weighted by Gasteiger charge is 2.23. The summed E-state index contributed by atoms with van der Waals surface area (Å²) in [4.78, 5) is 24.7. The van der Waals surface area contributed by atoms with Crippen LogP contribution in [0.2, 0.25) is 0 Å². The lowest BCUT2D eigenvalue weighted by molar-refractivity contribution is -0.119. The van der Waals surface area contributed by atoms with Crippen LogP contribution in [0, 0.1) is 0 Å². The smallest absolute Gasteiger partial charge is 0.338 e. The van der Waals surface area contributed by atoms with Gasteiger partial charge in [0.05, 0.1) is 5.56 Å². The summed E-state index contributed by atoms with van der Waals surface area (Å²) in [5.41, 5.74) is 3.02. The zero-order valence-corrected chi connectivity index (χ0v) is 18.9. The number of ether oxygens (including phenoxy) is 1.